The maximum absolute atomic E-state index is 12.0. The lowest BCUT2D eigenvalue weighted by Crippen LogP contribution is -2.34. The van der Waals surface area contributed by atoms with E-state index in [-0.39, 0.29) is 11.7 Å². The third kappa shape index (κ3) is 3.81. The van der Waals surface area contributed by atoms with Crippen molar-refractivity contribution in [3.63, 3.8) is 0 Å². The van der Waals surface area contributed by atoms with Gasteiger partial charge in [0.1, 0.15) is 5.82 Å². The molecule has 0 aliphatic heterocycles. The number of hydrogen-bond donors (Lipinski definition) is 1. The van der Waals surface area contributed by atoms with Gasteiger partial charge in [-0.15, -0.1) is 5.10 Å². The summed E-state index contributed by atoms with van der Waals surface area (Å²) in [5.41, 5.74) is 0. The Labute approximate surface area is 101 Å². The zero-order valence-electron chi connectivity index (χ0n) is 10.7. The number of hydrogen-bond acceptors (Lipinski definition) is 4. The monoisotopic (exact) mass is 240 g/mol. The summed E-state index contributed by atoms with van der Waals surface area (Å²) in [5, 5.41) is 6.66. The second-order valence-corrected chi connectivity index (χ2v) is 3.54. The molecule has 0 fully saturated rings. The first-order valence-electron chi connectivity index (χ1n) is 6.01. The summed E-state index contributed by atoms with van der Waals surface area (Å²) >= 11 is 0. The number of rotatable bonds is 7. The summed E-state index contributed by atoms with van der Waals surface area (Å²) in [6, 6.07) is 0. The highest BCUT2D eigenvalue weighted by atomic mass is 16.5. The van der Waals surface area contributed by atoms with Gasteiger partial charge in [-0.25, -0.2) is 4.98 Å². The lowest BCUT2D eigenvalue weighted by atomic mass is 10.4. The number of nitrogens with one attached hydrogen (secondary N) is 1. The molecule has 1 aromatic rings. The van der Waals surface area contributed by atoms with Crippen LogP contribution in [0.3, 0.4) is 0 Å². The number of likely N-dealkylation sites (N-methyl/N-ethyl adjacent to an activating group) is 1. The minimum absolute atomic E-state index is 0.150. The van der Waals surface area contributed by atoms with Crippen LogP contribution in [-0.4, -0.2) is 52.3 Å². The van der Waals surface area contributed by atoms with Gasteiger partial charge >= 0.3 is 0 Å². The number of nitrogens with zero attached hydrogens (tertiary/aromatic N) is 3. The molecule has 6 nitrogen and oxygen atoms in total. The molecular weight excluding hydrogens is 220 g/mol. The lowest BCUT2D eigenvalue weighted by Gasteiger charge is -2.18. The fourth-order valence-corrected chi connectivity index (χ4v) is 1.41. The van der Waals surface area contributed by atoms with Gasteiger partial charge in [0.25, 0.3) is 5.91 Å². The van der Waals surface area contributed by atoms with Gasteiger partial charge in [-0.3, -0.25) is 9.89 Å². The van der Waals surface area contributed by atoms with E-state index in [1.54, 1.807) is 4.90 Å². The first-order valence-corrected chi connectivity index (χ1v) is 6.01. The van der Waals surface area contributed by atoms with E-state index in [2.05, 4.69) is 15.2 Å². The molecule has 0 bridgehead atoms. The van der Waals surface area contributed by atoms with Gasteiger partial charge in [-0.2, -0.15) is 0 Å². The summed E-state index contributed by atoms with van der Waals surface area (Å²) in [7, 11) is 0. The van der Waals surface area contributed by atoms with Crippen LogP contribution in [0.2, 0.25) is 0 Å². The number of amides is 1. The van der Waals surface area contributed by atoms with Crippen LogP contribution >= 0.6 is 0 Å². The number of aryl methyl sites for hydroxylation is 1. The van der Waals surface area contributed by atoms with Gasteiger partial charge in [0.2, 0.25) is 5.82 Å². The predicted molar refractivity (Wildman–Crippen MR) is 63.8 cm³/mol. The van der Waals surface area contributed by atoms with Crippen LogP contribution in [0.15, 0.2) is 0 Å². The summed E-state index contributed by atoms with van der Waals surface area (Å²) in [4.78, 5) is 17.8. The van der Waals surface area contributed by atoms with E-state index in [1.165, 1.54) is 0 Å². The van der Waals surface area contributed by atoms with Crippen molar-refractivity contribution in [3.05, 3.63) is 11.6 Å². The summed E-state index contributed by atoms with van der Waals surface area (Å²) in [5.74, 6) is 0.817. The molecule has 0 radical (unpaired) electrons. The molecular formula is C11H20N4O2. The maximum Gasteiger partial charge on any atom is 0.293 e. The Bertz CT molecular complexity index is 351. The molecule has 6 heteroatoms. The zero-order chi connectivity index (χ0) is 12.7. The topological polar surface area (TPSA) is 71.1 Å². The van der Waals surface area contributed by atoms with Crippen molar-refractivity contribution in [1.29, 1.82) is 0 Å². The van der Waals surface area contributed by atoms with Crippen LogP contribution in [0.1, 0.15) is 37.2 Å². The number of H-pyrrole nitrogens is 1. The molecule has 1 aromatic heterocycles. The predicted octanol–water partition coefficient (Wildman–Crippen LogP) is 0.866. The van der Waals surface area contributed by atoms with E-state index in [0.29, 0.717) is 26.3 Å². The third-order valence-electron chi connectivity index (χ3n) is 2.44. The third-order valence-corrected chi connectivity index (χ3v) is 2.44. The zero-order valence-corrected chi connectivity index (χ0v) is 10.7. The Morgan fingerprint density at radius 2 is 2.18 bits per heavy atom. The minimum Gasteiger partial charge on any atom is -0.380 e. The molecule has 1 heterocycles. The van der Waals surface area contributed by atoms with Gasteiger partial charge in [0.15, 0.2) is 0 Å². The molecule has 0 aromatic carbocycles. The van der Waals surface area contributed by atoms with Crippen molar-refractivity contribution >= 4 is 5.91 Å². The average Bonchev–Trinajstić information content (AvgIpc) is 2.82. The van der Waals surface area contributed by atoms with Crippen molar-refractivity contribution in [2.24, 2.45) is 0 Å². The van der Waals surface area contributed by atoms with Gasteiger partial charge in [-0.1, -0.05) is 6.92 Å². The molecule has 0 unspecified atom stereocenters. The highest BCUT2D eigenvalue weighted by Gasteiger charge is 2.18. The Kier molecular flexibility index (Phi) is 5.62. The molecule has 0 spiro atoms. The molecule has 1 rings (SSSR count). The maximum atomic E-state index is 12.0. The Hall–Kier alpha value is -1.43. The fourth-order valence-electron chi connectivity index (χ4n) is 1.41. The molecule has 0 aliphatic rings. The standard InChI is InChI=1S/C11H20N4O2/c1-4-9-12-10(14-13-9)11(16)15(5-2)7-8-17-6-3/h4-8H2,1-3H3,(H,12,13,14). The van der Waals surface area contributed by atoms with E-state index in [1.807, 2.05) is 20.8 Å². The molecule has 0 saturated heterocycles. The number of aromatic nitrogens is 3. The molecule has 17 heavy (non-hydrogen) atoms. The summed E-state index contributed by atoms with van der Waals surface area (Å²) in [6.07, 6.45) is 0.741. The van der Waals surface area contributed by atoms with Crippen LogP contribution in [0.25, 0.3) is 0 Å². The van der Waals surface area contributed by atoms with Gasteiger partial charge in [0.05, 0.1) is 6.61 Å². The Morgan fingerprint density at radius 3 is 2.71 bits per heavy atom. The van der Waals surface area contributed by atoms with Crippen LogP contribution in [-0.2, 0) is 11.2 Å². The second-order valence-electron chi connectivity index (χ2n) is 3.54. The van der Waals surface area contributed by atoms with E-state index in [4.69, 9.17) is 4.74 Å². The van der Waals surface area contributed by atoms with Crippen molar-refractivity contribution in [2.45, 2.75) is 27.2 Å². The van der Waals surface area contributed by atoms with Crippen LogP contribution in [0, 0.1) is 0 Å². The molecule has 0 aliphatic carbocycles. The van der Waals surface area contributed by atoms with Crippen LogP contribution in [0.5, 0.6) is 0 Å². The first-order chi connectivity index (χ1) is 8.22. The molecule has 96 valence electrons. The number of carbonyl (C=O) groups is 1. The molecule has 1 amide bonds. The van der Waals surface area contributed by atoms with Gasteiger partial charge in [0, 0.05) is 26.1 Å². The Balaban J connectivity index is 2.58. The average molecular weight is 240 g/mol. The number of aromatic amines is 1. The van der Waals surface area contributed by atoms with Crippen molar-refractivity contribution in [1.82, 2.24) is 20.1 Å². The highest BCUT2D eigenvalue weighted by molar-refractivity contribution is 5.90. The lowest BCUT2D eigenvalue weighted by molar-refractivity contribution is 0.0658. The Morgan fingerprint density at radius 1 is 1.41 bits per heavy atom. The van der Waals surface area contributed by atoms with Crippen LogP contribution < -0.4 is 0 Å². The van der Waals surface area contributed by atoms with Crippen LogP contribution in [0.4, 0.5) is 0 Å². The smallest absolute Gasteiger partial charge is 0.293 e. The van der Waals surface area contributed by atoms with Gasteiger partial charge in [-0.05, 0) is 13.8 Å². The summed E-state index contributed by atoms with van der Waals surface area (Å²) in [6.45, 7) is 8.22. The summed E-state index contributed by atoms with van der Waals surface area (Å²) < 4.78 is 5.24. The minimum atomic E-state index is -0.150. The van der Waals surface area contributed by atoms with E-state index >= 15 is 0 Å². The van der Waals surface area contributed by atoms with Gasteiger partial charge < -0.3 is 9.64 Å². The van der Waals surface area contributed by atoms with Crippen molar-refractivity contribution in [3.8, 4) is 0 Å². The largest absolute Gasteiger partial charge is 0.380 e. The highest BCUT2D eigenvalue weighted by Crippen LogP contribution is 2.00. The molecule has 0 atom stereocenters. The van der Waals surface area contributed by atoms with E-state index < -0.39 is 0 Å². The SMILES string of the molecule is CCOCCN(CC)C(=O)c1n[nH]c(CC)n1. The first kappa shape index (κ1) is 13.6. The normalized spacial score (nSPS) is 10.5. The second kappa shape index (κ2) is 7.01. The van der Waals surface area contributed by atoms with Crippen molar-refractivity contribution < 1.29 is 9.53 Å². The quantitative estimate of drug-likeness (QED) is 0.718. The number of ether oxygens (including phenoxy) is 1. The fraction of sp³-hybridized carbons (Fsp3) is 0.727. The van der Waals surface area contributed by atoms with Crippen molar-refractivity contribution in [2.75, 3.05) is 26.3 Å². The van der Waals surface area contributed by atoms with E-state index in [0.717, 1.165) is 12.2 Å². The number of carbonyl (C=O) groups excluding carboxylic acids is 1. The molecule has 1 N–H and O–H groups in total. The molecule has 0 saturated carbocycles. The van der Waals surface area contributed by atoms with E-state index in [9.17, 15) is 4.79 Å².